The van der Waals surface area contributed by atoms with Crippen LogP contribution in [0.1, 0.15) is 10.5 Å². The number of carbonyl (C=O) groups is 1. The van der Waals surface area contributed by atoms with Crippen LogP contribution in [0.5, 0.6) is 5.75 Å². The summed E-state index contributed by atoms with van der Waals surface area (Å²) in [7, 11) is -4.10. The summed E-state index contributed by atoms with van der Waals surface area (Å²) in [4.78, 5) is 23.1. The van der Waals surface area contributed by atoms with Crippen molar-refractivity contribution in [1.82, 2.24) is 19.3 Å². The van der Waals surface area contributed by atoms with E-state index in [0.29, 0.717) is 27.5 Å². The van der Waals surface area contributed by atoms with Crippen LogP contribution in [0.4, 0.5) is 0 Å². The Labute approximate surface area is 212 Å². The third-order valence-corrected chi connectivity index (χ3v) is 7.96. The van der Waals surface area contributed by atoms with Gasteiger partial charge >= 0.3 is 0 Å². The van der Waals surface area contributed by atoms with Crippen LogP contribution in [0.2, 0.25) is 5.02 Å². The minimum Gasteiger partial charge on any atom is -0.491 e. The van der Waals surface area contributed by atoms with Gasteiger partial charge in [0.2, 0.25) is 10.0 Å². The summed E-state index contributed by atoms with van der Waals surface area (Å²) in [5.74, 6) is 0.327. The first-order chi connectivity index (χ1) is 17.3. The lowest BCUT2D eigenvalue weighted by atomic mass is 10.2. The molecule has 1 aliphatic heterocycles. The highest BCUT2D eigenvalue weighted by Crippen LogP contribution is 2.32. The predicted octanol–water partition coefficient (Wildman–Crippen LogP) is 2.85. The molecule has 12 heteroatoms. The molecule has 10 nitrogen and oxygen atoms in total. The number of halogens is 1. The Morgan fingerprint density at radius 1 is 1.19 bits per heavy atom. The Hall–Kier alpha value is -3.51. The summed E-state index contributed by atoms with van der Waals surface area (Å²) in [6, 6.07) is 13.7. The van der Waals surface area contributed by atoms with Crippen LogP contribution in [0, 0.1) is 0 Å². The van der Waals surface area contributed by atoms with Crippen LogP contribution < -0.4 is 10.5 Å². The van der Waals surface area contributed by atoms with Crippen molar-refractivity contribution < 1.29 is 22.7 Å². The highest BCUT2D eigenvalue weighted by atomic mass is 35.5. The second-order valence-electron chi connectivity index (χ2n) is 8.15. The Balaban J connectivity index is 1.32. The van der Waals surface area contributed by atoms with Gasteiger partial charge in [-0.05, 0) is 48.5 Å². The number of hydrogen-bond acceptors (Lipinski definition) is 7. The Kier molecular flexibility index (Phi) is 6.63. The van der Waals surface area contributed by atoms with Gasteiger partial charge in [0.05, 0.1) is 6.61 Å². The van der Waals surface area contributed by atoms with Crippen LogP contribution >= 0.6 is 11.6 Å². The first kappa shape index (κ1) is 24.2. The molecule has 5 rings (SSSR count). The molecule has 0 bridgehead atoms. The van der Waals surface area contributed by atoms with E-state index in [0.717, 1.165) is 5.56 Å². The lowest BCUT2D eigenvalue weighted by Gasteiger charge is -2.32. The Bertz CT molecular complexity index is 1510. The summed E-state index contributed by atoms with van der Waals surface area (Å²) >= 11 is 6.10. The molecule has 3 N–H and O–H groups in total. The van der Waals surface area contributed by atoms with Crippen molar-refractivity contribution in [3.63, 3.8) is 0 Å². The summed E-state index contributed by atoms with van der Waals surface area (Å²) in [6.07, 6.45) is 2.82. The van der Waals surface area contributed by atoms with E-state index in [-0.39, 0.29) is 36.9 Å². The van der Waals surface area contributed by atoms with E-state index in [9.17, 15) is 13.2 Å². The van der Waals surface area contributed by atoms with Gasteiger partial charge in [-0.2, -0.15) is 4.31 Å². The quantitative estimate of drug-likeness (QED) is 0.376. The van der Waals surface area contributed by atoms with Crippen molar-refractivity contribution in [1.29, 1.82) is 0 Å². The molecule has 0 radical (unpaired) electrons. The van der Waals surface area contributed by atoms with Gasteiger partial charge in [0, 0.05) is 47.0 Å². The molecule has 1 amide bonds. The number of morpholine rings is 1. The fraction of sp³-hybridized carbons (Fsp3) is 0.208. The molecule has 0 aliphatic carbocycles. The van der Waals surface area contributed by atoms with Crippen molar-refractivity contribution in [2.24, 2.45) is 5.73 Å². The number of nitrogens with one attached hydrogen (secondary N) is 1. The summed E-state index contributed by atoms with van der Waals surface area (Å²) in [5, 5.41) is 0.644. The molecule has 3 heterocycles. The molecule has 1 atom stereocenters. The van der Waals surface area contributed by atoms with E-state index in [2.05, 4.69) is 15.0 Å². The first-order valence-corrected chi connectivity index (χ1v) is 12.9. The number of carbonyl (C=O) groups excluding carboxylic acids is 1. The Morgan fingerprint density at radius 2 is 1.94 bits per heavy atom. The molecule has 2 aromatic heterocycles. The monoisotopic (exact) mass is 527 g/mol. The zero-order valence-electron chi connectivity index (χ0n) is 18.9. The van der Waals surface area contributed by atoms with Gasteiger partial charge in [-0.1, -0.05) is 11.6 Å². The number of amides is 1. The lowest BCUT2D eigenvalue weighted by Crippen LogP contribution is -2.47. The lowest BCUT2D eigenvalue weighted by molar-refractivity contribution is -0.0249. The predicted molar refractivity (Wildman–Crippen MR) is 133 cm³/mol. The molecular formula is C24H22ClN5O5S. The molecule has 1 fully saturated rings. The van der Waals surface area contributed by atoms with E-state index in [1.165, 1.54) is 10.4 Å². The number of fused-ring (bicyclic) bond motifs is 1. The number of sulfonamides is 1. The molecule has 1 aliphatic rings. The average molecular weight is 528 g/mol. The van der Waals surface area contributed by atoms with E-state index >= 15 is 0 Å². The fourth-order valence-corrected chi connectivity index (χ4v) is 6.02. The van der Waals surface area contributed by atoms with E-state index in [1.807, 2.05) is 12.1 Å². The van der Waals surface area contributed by atoms with Crippen molar-refractivity contribution in [3.05, 3.63) is 71.6 Å². The minimum atomic E-state index is -4.10. The molecule has 36 heavy (non-hydrogen) atoms. The number of aromatic nitrogens is 3. The van der Waals surface area contributed by atoms with Gasteiger partial charge in [0.25, 0.3) is 5.91 Å². The van der Waals surface area contributed by atoms with Crippen molar-refractivity contribution in [3.8, 4) is 17.1 Å². The minimum absolute atomic E-state index is 0.0454. The van der Waals surface area contributed by atoms with Gasteiger partial charge in [-0.15, -0.1) is 0 Å². The summed E-state index contributed by atoms with van der Waals surface area (Å²) < 4.78 is 40.1. The van der Waals surface area contributed by atoms with E-state index < -0.39 is 22.0 Å². The number of hydrogen-bond donors (Lipinski definition) is 2. The summed E-state index contributed by atoms with van der Waals surface area (Å²) in [6.45, 7) is 0.474. The number of rotatable bonds is 7. The molecule has 0 saturated carbocycles. The maximum atomic E-state index is 13.6. The second-order valence-corrected chi connectivity index (χ2v) is 10.5. The molecule has 4 aromatic rings. The number of benzene rings is 2. The van der Waals surface area contributed by atoms with E-state index in [1.54, 1.807) is 42.7 Å². The SMILES string of the molecule is NC(=O)c1[nH]c2ccc(Cl)cc2c1S(=O)(=O)N1CCO[C@H](COc2ccc(-c3ncccn3)cc2)C1. The maximum absolute atomic E-state index is 13.6. The van der Waals surface area contributed by atoms with Crippen LogP contribution in [-0.4, -0.2) is 66.0 Å². The van der Waals surface area contributed by atoms with Gasteiger partial charge in [0.1, 0.15) is 29.0 Å². The zero-order valence-corrected chi connectivity index (χ0v) is 20.5. The van der Waals surface area contributed by atoms with Crippen LogP contribution in [0.15, 0.2) is 65.8 Å². The normalized spacial score (nSPS) is 16.8. The number of aromatic amines is 1. The van der Waals surface area contributed by atoms with Crippen LogP contribution in [-0.2, 0) is 14.8 Å². The zero-order chi connectivity index (χ0) is 25.3. The third kappa shape index (κ3) is 4.78. The van der Waals surface area contributed by atoms with Gasteiger partial charge in [0.15, 0.2) is 5.82 Å². The van der Waals surface area contributed by atoms with Gasteiger partial charge in [-0.25, -0.2) is 18.4 Å². The summed E-state index contributed by atoms with van der Waals surface area (Å²) in [5.41, 5.74) is 6.60. The Morgan fingerprint density at radius 3 is 2.67 bits per heavy atom. The number of ether oxygens (including phenoxy) is 2. The van der Waals surface area contributed by atoms with Crippen molar-refractivity contribution in [2.45, 2.75) is 11.0 Å². The number of H-pyrrole nitrogens is 1. The van der Waals surface area contributed by atoms with Crippen LogP contribution in [0.3, 0.4) is 0 Å². The maximum Gasteiger partial charge on any atom is 0.266 e. The van der Waals surface area contributed by atoms with E-state index in [4.69, 9.17) is 26.8 Å². The second kappa shape index (κ2) is 9.86. The standard InChI is InChI=1S/C24H22ClN5O5S/c25-16-4-7-20-19(12-16)22(21(29-20)23(26)31)36(32,33)30-10-11-34-18(13-30)14-35-17-5-2-15(3-6-17)24-27-8-1-9-28-24/h1-9,12,18,29H,10-11,13-14H2,(H2,26,31)/t18-/m0/s1. The number of nitrogens with zero attached hydrogens (tertiary/aromatic N) is 3. The first-order valence-electron chi connectivity index (χ1n) is 11.1. The fourth-order valence-electron chi connectivity index (χ4n) is 4.06. The number of nitrogens with two attached hydrogens (primary N) is 1. The molecule has 2 aromatic carbocycles. The molecule has 0 unspecified atom stereocenters. The molecular weight excluding hydrogens is 506 g/mol. The molecule has 1 saturated heterocycles. The largest absolute Gasteiger partial charge is 0.491 e. The highest BCUT2D eigenvalue weighted by Gasteiger charge is 2.36. The third-order valence-electron chi connectivity index (χ3n) is 5.77. The average Bonchev–Trinajstić information content (AvgIpc) is 3.28. The van der Waals surface area contributed by atoms with Crippen LogP contribution in [0.25, 0.3) is 22.3 Å². The van der Waals surface area contributed by atoms with Crippen molar-refractivity contribution >= 4 is 38.4 Å². The highest BCUT2D eigenvalue weighted by molar-refractivity contribution is 7.89. The number of primary amides is 1. The molecule has 186 valence electrons. The smallest absolute Gasteiger partial charge is 0.266 e. The molecule has 0 spiro atoms. The van der Waals surface area contributed by atoms with Gasteiger partial charge in [-0.3, -0.25) is 4.79 Å². The van der Waals surface area contributed by atoms with Gasteiger partial charge < -0.3 is 20.2 Å². The topological polar surface area (TPSA) is 140 Å². The van der Waals surface area contributed by atoms with Crippen molar-refractivity contribution in [2.75, 3.05) is 26.3 Å².